The summed E-state index contributed by atoms with van der Waals surface area (Å²) in [4.78, 5) is 4.18. The molecular weight excluding hydrogens is 224 g/mol. The van der Waals surface area contributed by atoms with Gasteiger partial charge in [0.25, 0.3) is 0 Å². The van der Waals surface area contributed by atoms with Crippen molar-refractivity contribution >= 4 is 0 Å². The number of benzene rings is 1. The fraction of sp³-hybridized carbons (Fsp3) is 0.200. The van der Waals surface area contributed by atoms with E-state index in [9.17, 15) is 5.26 Å². The minimum atomic E-state index is -0.294. The molecule has 88 valence electrons. The summed E-state index contributed by atoms with van der Waals surface area (Å²) in [5.74, 6) is 1.30. The SMILES string of the molecule is N#CC1(c2ccnc(Oc3ccccc3)c2)CC1. The third kappa shape index (κ3) is 1.93. The third-order valence-electron chi connectivity index (χ3n) is 3.22. The number of pyridine rings is 1. The first-order valence-electron chi connectivity index (χ1n) is 5.93. The van der Waals surface area contributed by atoms with Gasteiger partial charge in [0.2, 0.25) is 5.88 Å². The fourth-order valence-corrected chi connectivity index (χ4v) is 1.96. The highest BCUT2D eigenvalue weighted by atomic mass is 16.5. The molecule has 1 aromatic carbocycles. The van der Waals surface area contributed by atoms with Crippen LogP contribution in [0.2, 0.25) is 0 Å². The van der Waals surface area contributed by atoms with Crippen molar-refractivity contribution in [1.29, 1.82) is 5.26 Å². The van der Waals surface area contributed by atoms with E-state index in [2.05, 4.69) is 11.1 Å². The molecule has 0 atom stereocenters. The molecule has 3 heteroatoms. The molecule has 0 aliphatic heterocycles. The summed E-state index contributed by atoms with van der Waals surface area (Å²) in [5, 5.41) is 9.18. The molecule has 18 heavy (non-hydrogen) atoms. The minimum absolute atomic E-state index is 0.294. The maximum atomic E-state index is 9.18. The molecule has 1 saturated carbocycles. The zero-order chi connectivity index (χ0) is 12.4. The van der Waals surface area contributed by atoms with Crippen LogP contribution in [-0.4, -0.2) is 4.98 Å². The second kappa shape index (κ2) is 4.15. The predicted molar refractivity (Wildman–Crippen MR) is 67.3 cm³/mol. The molecule has 0 saturated heterocycles. The summed E-state index contributed by atoms with van der Waals surface area (Å²) in [6.07, 6.45) is 3.56. The lowest BCUT2D eigenvalue weighted by Crippen LogP contribution is -2.03. The van der Waals surface area contributed by atoms with E-state index in [4.69, 9.17) is 4.74 Å². The first kappa shape index (κ1) is 10.8. The monoisotopic (exact) mass is 236 g/mol. The Labute approximate surface area is 106 Å². The zero-order valence-corrected chi connectivity index (χ0v) is 9.84. The molecule has 3 nitrogen and oxygen atoms in total. The number of rotatable bonds is 3. The third-order valence-corrected chi connectivity index (χ3v) is 3.22. The van der Waals surface area contributed by atoms with Crippen molar-refractivity contribution in [3.05, 3.63) is 54.2 Å². The average Bonchev–Trinajstić information content (AvgIpc) is 3.21. The van der Waals surface area contributed by atoms with E-state index >= 15 is 0 Å². The lowest BCUT2D eigenvalue weighted by molar-refractivity contribution is 0.461. The Kier molecular flexibility index (Phi) is 2.49. The van der Waals surface area contributed by atoms with E-state index < -0.39 is 0 Å². The van der Waals surface area contributed by atoms with Crippen molar-refractivity contribution in [2.45, 2.75) is 18.3 Å². The van der Waals surface area contributed by atoms with Gasteiger partial charge in [-0.15, -0.1) is 0 Å². The number of ether oxygens (including phenoxy) is 1. The summed E-state index contributed by atoms with van der Waals surface area (Å²) in [7, 11) is 0. The van der Waals surface area contributed by atoms with Crippen LogP contribution in [-0.2, 0) is 5.41 Å². The second-order valence-corrected chi connectivity index (χ2v) is 4.49. The molecule has 3 rings (SSSR count). The van der Waals surface area contributed by atoms with Crippen molar-refractivity contribution in [1.82, 2.24) is 4.98 Å². The molecule has 0 N–H and O–H groups in total. The fourth-order valence-electron chi connectivity index (χ4n) is 1.96. The van der Waals surface area contributed by atoms with Crippen LogP contribution < -0.4 is 4.74 Å². The van der Waals surface area contributed by atoms with Crippen molar-refractivity contribution in [3.63, 3.8) is 0 Å². The van der Waals surface area contributed by atoms with Crippen LogP contribution in [0, 0.1) is 11.3 Å². The van der Waals surface area contributed by atoms with Crippen LogP contribution in [0.25, 0.3) is 0 Å². The largest absolute Gasteiger partial charge is 0.439 e. The molecule has 0 radical (unpaired) electrons. The second-order valence-electron chi connectivity index (χ2n) is 4.49. The molecule has 0 unspecified atom stereocenters. The van der Waals surface area contributed by atoms with E-state index in [0.29, 0.717) is 5.88 Å². The number of nitrogens with zero attached hydrogens (tertiary/aromatic N) is 2. The molecule has 0 bridgehead atoms. The standard InChI is InChI=1S/C15H12N2O/c16-11-15(7-8-15)12-6-9-17-14(10-12)18-13-4-2-1-3-5-13/h1-6,9-10H,7-8H2. The predicted octanol–water partition coefficient (Wildman–Crippen LogP) is 3.43. The Morgan fingerprint density at radius 1 is 1.17 bits per heavy atom. The van der Waals surface area contributed by atoms with Crippen LogP contribution in [0.5, 0.6) is 11.6 Å². The summed E-state index contributed by atoms with van der Waals surface area (Å²) >= 11 is 0. The Morgan fingerprint density at radius 3 is 2.61 bits per heavy atom. The van der Waals surface area contributed by atoms with E-state index in [1.807, 2.05) is 42.5 Å². The first-order valence-corrected chi connectivity index (χ1v) is 5.93. The Morgan fingerprint density at radius 2 is 1.94 bits per heavy atom. The van der Waals surface area contributed by atoms with Crippen molar-refractivity contribution in [2.75, 3.05) is 0 Å². The van der Waals surface area contributed by atoms with Crippen LogP contribution in [0.4, 0.5) is 0 Å². The molecule has 2 aromatic rings. The van der Waals surface area contributed by atoms with Gasteiger partial charge in [0, 0.05) is 12.3 Å². The van der Waals surface area contributed by atoms with E-state index in [1.165, 1.54) is 0 Å². The molecule has 1 aromatic heterocycles. The van der Waals surface area contributed by atoms with Gasteiger partial charge >= 0.3 is 0 Å². The quantitative estimate of drug-likeness (QED) is 0.820. The topological polar surface area (TPSA) is 45.9 Å². The Bertz CT molecular complexity index is 597. The van der Waals surface area contributed by atoms with Gasteiger partial charge in [-0.2, -0.15) is 5.26 Å². The molecule has 0 amide bonds. The van der Waals surface area contributed by atoms with Crippen molar-refractivity contribution in [3.8, 4) is 17.7 Å². The van der Waals surface area contributed by atoms with Gasteiger partial charge < -0.3 is 4.74 Å². The van der Waals surface area contributed by atoms with E-state index in [1.54, 1.807) is 6.20 Å². The lowest BCUT2D eigenvalue weighted by atomic mass is 9.99. The molecule has 1 aliphatic rings. The zero-order valence-electron chi connectivity index (χ0n) is 9.84. The summed E-state index contributed by atoms with van der Waals surface area (Å²) in [6, 6.07) is 15.7. The maximum Gasteiger partial charge on any atom is 0.219 e. The van der Waals surface area contributed by atoms with E-state index in [-0.39, 0.29) is 5.41 Å². The number of para-hydroxylation sites is 1. The molecule has 1 fully saturated rings. The van der Waals surface area contributed by atoms with Gasteiger partial charge in [-0.05, 0) is 36.6 Å². The molecule has 1 aliphatic carbocycles. The highest BCUT2D eigenvalue weighted by molar-refractivity contribution is 5.41. The van der Waals surface area contributed by atoms with E-state index in [0.717, 1.165) is 24.2 Å². The summed E-state index contributed by atoms with van der Waals surface area (Å²) < 4.78 is 5.67. The molecular formula is C15H12N2O. The summed E-state index contributed by atoms with van der Waals surface area (Å²) in [5.41, 5.74) is 0.712. The smallest absolute Gasteiger partial charge is 0.219 e. The van der Waals surface area contributed by atoms with Gasteiger partial charge in [-0.1, -0.05) is 18.2 Å². The highest BCUT2D eigenvalue weighted by Crippen LogP contribution is 2.47. The van der Waals surface area contributed by atoms with Crippen LogP contribution in [0.1, 0.15) is 18.4 Å². The molecule has 0 spiro atoms. The number of aromatic nitrogens is 1. The van der Waals surface area contributed by atoms with Crippen molar-refractivity contribution < 1.29 is 4.74 Å². The highest BCUT2D eigenvalue weighted by Gasteiger charge is 2.45. The lowest BCUT2D eigenvalue weighted by Gasteiger charge is -2.08. The number of nitriles is 1. The normalized spacial score (nSPS) is 15.7. The first-order chi connectivity index (χ1) is 8.82. The van der Waals surface area contributed by atoms with Crippen LogP contribution in [0.15, 0.2) is 48.7 Å². The van der Waals surface area contributed by atoms with Crippen LogP contribution >= 0.6 is 0 Å². The average molecular weight is 236 g/mol. The number of hydrogen-bond donors (Lipinski definition) is 0. The van der Waals surface area contributed by atoms with Crippen molar-refractivity contribution in [2.24, 2.45) is 0 Å². The van der Waals surface area contributed by atoms with Crippen LogP contribution in [0.3, 0.4) is 0 Å². The van der Waals surface area contributed by atoms with Gasteiger partial charge in [-0.3, -0.25) is 0 Å². The summed E-state index contributed by atoms with van der Waals surface area (Å²) in [6.45, 7) is 0. The maximum absolute atomic E-state index is 9.18. The Balaban J connectivity index is 1.86. The van der Waals surface area contributed by atoms with Gasteiger partial charge in [-0.25, -0.2) is 4.98 Å². The minimum Gasteiger partial charge on any atom is -0.439 e. The van der Waals surface area contributed by atoms with Gasteiger partial charge in [0.1, 0.15) is 5.75 Å². The van der Waals surface area contributed by atoms with Gasteiger partial charge in [0.05, 0.1) is 11.5 Å². The van der Waals surface area contributed by atoms with Gasteiger partial charge in [0.15, 0.2) is 0 Å². The Hall–Kier alpha value is -2.34. The number of hydrogen-bond acceptors (Lipinski definition) is 3. The molecule has 1 heterocycles.